The summed E-state index contributed by atoms with van der Waals surface area (Å²) in [6.07, 6.45) is 0. The molecule has 0 fully saturated rings. The molecule has 104 valence electrons. The number of anilines is 2. The van der Waals surface area contributed by atoms with Crippen LogP contribution in [0.5, 0.6) is 0 Å². The van der Waals surface area contributed by atoms with Gasteiger partial charge < -0.3 is 5.32 Å². The fraction of sp³-hybridized carbons (Fsp3) is 0.231. The second-order valence-corrected chi connectivity index (χ2v) is 6.71. The molecule has 1 atom stereocenters. The van der Waals surface area contributed by atoms with Gasteiger partial charge >= 0.3 is 0 Å². The molecular formula is C13H15N5S2. The molecule has 0 aromatic carbocycles. The predicted molar refractivity (Wildman–Crippen MR) is 86.3 cm³/mol. The Balaban J connectivity index is 1.95. The van der Waals surface area contributed by atoms with E-state index in [0.29, 0.717) is 5.95 Å². The summed E-state index contributed by atoms with van der Waals surface area (Å²) in [6, 6.07) is 6.49. The molecule has 20 heavy (non-hydrogen) atoms. The number of thiophene rings is 2. The fourth-order valence-corrected chi connectivity index (χ4v) is 3.64. The van der Waals surface area contributed by atoms with E-state index in [1.54, 1.807) is 22.7 Å². The van der Waals surface area contributed by atoms with E-state index in [4.69, 9.17) is 5.84 Å². The second-order valence-electron chi connectivity index (χ2n) is 4.49. The molecule has 0 amide bonds. The van der Waals surface area contributed by atoms with Gasteiger partial charge in [0.15, 0.2) is 0 Å². The number of aryl methyl sites for hydroxylation is 1. The number of nitrogens with one attached hydrogen (secondary N) is 2. The Hall–Kier alpha value is -1.70. The molecule has 0 aliphatic rings. The molecule has 1 unspecified atom stereocenters. The molecule has 0 saturated carbocycles. The van der Waals surface area contributed by atoms with Gasteiger partial charge in [0.2, 0.25) is 5.95 Å². The Bertz CT molecular complexity index is 733. The third-order valence-electron chi connectivity index (χ3n) is 3.00. The van der Waals surface area contributed by atoms with Gasteiger partial charge in [0.05, 0.1) is 11.4 Å². The van der Waals surface area contributed by atoms with Crippen molar-refractivity contribution in [3.8, 4) is 0 Å². The molecule has 7 heteroatoms. The molecule has 0 bridgehead atoms. The van der Waals surface area contributed by atoms with Crippen molar-refractivity contribution in [2.24, 2.45) is 5.84 Å². The zero-order valence-corrected chi connectivity index (χ0v) is 12.8. The normalized spacial score (nSPS) is 12.6. The van der Waals surface area contributed by atoms with E-state index in [9.17, 15) is 0 Å². The molecule has 0 radical (unpaired) electrons. The lowest BCUT2D eigenvalue weighted by Gasteiger charge is -2.14. The summed E-state index contributed by atoms with van der Waals surface area (Å²) >= 11 is 3.36. The number of fused-ring (bicyclic) bond motifs is 1. The Morgan fingerprint density at radius 1 is 1.25 bits per heavy atom. The molecule has 0 aliphatic heterocycles. The van der Waals surface area contributed by atoms with Crippen LogP contribution in [0.2, 0.25) is 0 Å². The van der Waals surface area contributed by atoms with E-state index in [1.165, 1.54) is 9.75 Å². The van der Waals surface area contributed by atoms with Crippen molar-refractivity contribution in [3.63, 3.8) is 0 Å². The number of nitrogens with zero attached hydrogens (tertiary/aromatic N) is 2. The van der Waals surface area contributed by atoms with Crippen molar-refractivity contribution in [1.82, 2.24) is 9.97 Å². The lowest BCUT2D eigenvalue weighted by molar-refractivity contribution is 0.898. The van der Waals surface area contributed by atoms with Crippen molar-refractivity contribution in [2.45, 2.75) is 19.9 Å². The molecule has 0 aliphatic carbocycles. The first-order valence-electron chi connectivity index (χ1n) is 6.22. The van der Waals surface area contributed by atoms with Gasteiger partial charge in [-0.25, -0.2) is 10.8 Å². The minimum Gasteiger partial charge on any atom is -0.362 e. The predicted octanol–water partition coefficient (Wildman–Crippen LogP) is 3.52. The summed E-state index contributed by atoms with van der Waals surface area (Å²) < 4.78 is 0. The minimum absolute atomic E-state index is 0.192. The van der Waals surface area contributed by atoms with Crippen LogP contribution in [-0.2, 0) is 0 Å². The molecule has 3 aromatic rings. The fourth-order valence-electron chi connectivity index (χ4n) is 1.99. The van der Waals surface area contributed by atoms with Gasteiger partial charge in [0, 0.05) is 9.75 Å². The van der Waals surface area contributed by atoms with Crippen LogP contribution in [-0.4, -0.2) is 9.97 Å². The van der Waals surface area contributed by atoms with E-state index in [0.717, 1.165) is 16.0 Å². The Kier molecular flexibility index (Phi) is 3.56. The summed E-state index contributed by atoms with van der Waals surface area (Å²) in [7, 11) is 0. The first-order valence-corrected chi connectivity index (χ1v) is 7.91. The summed E-state index contributed by atoms with van der Waals surface area (Å²) in [6.45, 7) is 4.24. The lowest BCUT2D eigenvalue weighted by Crippen LogP contribution is -2.13. The van der Waals surface area contributed by atoms with Crippen LogP contribution in [0, 0.1) is 6.92 Å². The van der Waals surface area contributed by atoms with Gasteiger partial charge in [-0.2, -0.15) is 4.98 Å². The molecule has 0 spiro atoms. The van der Waals surface area contributed by atoms with Crippen LogP contribution in [0.25, 0.3) is 10.2 Å². The molecule has 4 N–H and O–H groups in total. The largest absolute Gasteiger partial charge is 0.362 e. The van der Waals surface area contributed by atoms with Crippen molar-refractivity contribution >= 4 is 44.7 Å². The highest BCUT2D eigenvalue weighted by molar-refractivity contribution is 7.16. The number of hydrogen-bond acceptors (Lipinski definition) is 7. The molecule has 5 nitrogen and oxygen atoms in total. The van der Waals surface area contributed by atoms with Crippen molar-refractivity contribution < 1.29 is 0 Å². The average molecular weight is 305 g/mol. The van der Waals surface area contributed by atoms with Crippen LogP contribution >= 0.6 is 22.7 Å². The number of aromatic nitrogens is 2. The Morgan fingerprint density at radius 2 is 2.10 bits per heavy atom. The maximum Gasteiger partial charge on any atom is 0.240 e. The highest BCUT2D eigenvalue weighted by atomic mass is 32.1. The van der Waals surface area contributed by atoms with E-state index >= 15 is 0 Å². The quantitative estimate of drug-likeness (QED) is 0.508. The van der Waals surface area contributed by atoms with Gasteiger partial charge in [0.25, 0.3) is 0 Å². The Morgan fingerprint density at radius 3 is 2.80 bits per heavy atom. The average Bonchev–Trinajstić information content (AvgIpc) is 3.06. The standard InChI is InChI=1S/C13H15N5S2/c1-7-3-4-10(20-7)8(2)15-11-9-5-6-19-12(9)17-13(16-11)18-14/h3-6,8H,14H2,1-2H3,(H2,15,16,17,18). The topological polar surface area (TPSA) is 75.9 Å². The molecule has 3 aromatic heterocycles. The molecular weight excluding hydrogens is 290 g/mol. The van der Waals surface area contributed by atoms with Crippen molar-refractivity contribution in [2.75, 3.05) is 10.7 Å². The summed E-state index contributed by atoms with van der Waals surface area (Å²) in [5.41, 5.74) is 2.51. The van der Waals surface area contributed by atoms with Crippen LogP contribution in [0.1, 0.15) is 22.7 Å². The van der Waals surface area contributed by atoms with Crippen LogP contribution in [0.15, 0.2) is 23.6 Å². The lowest BCUT2D eigenvalue weighted by atomic mass is 10.2. The second kappa shape index (κ2) is 5.35. The maximum atomic E-state index is 5.43. The van der Waals surface area contributed by atoms with Crippen molar-refractivity contribution in [3.05, 3.63) is 33.3 Å². The van der Waals surface area contributed by atoms with Crippen LogP contribution in [0.3, 0.4) is 0 Å². The smallest absolute Gasteiger partial charge is 0.240 e. The number of nitrogen functional groups attached to an aromatic ring is 1. The van der Waals surface area contributed by atoms with Crippen LogP contribution < -0.4 is 16.6 Å². The number of nitrogens with two attached hydrogens (primary N) is 1. The van der Waals surface area contributed by atoms with E-state index < -0.39 is 0 Å². The number of hydrazine groups is 1. The summed E-state index contributed by atoms with van der Waals surface area (Å²) in [5, 5.41) is 6.47. The van der Waals surface area contributed by atoms with Gasteiger partial charge in [-0.3, -0.25) is 5.43 Å². The zero-order valence-electron chi connectivity index (χ0n) is 11.2. The first kappa shape index (κ1) is 13.3. The van der Waals surface area contributed by atoms with E-state index in [-0.39, 0.29) is 6.04 Å². The minimum atomic E-state index is 0.192. The third-order valence-corrected chi connectivity index (χ3v) is 4.99. The van der Waals surface area contributed by atoms with E-state index in [2.05, 4.69) is 46.7 Å². The molecule has 0 saturated heterocycles. The monoisotopic (exact) mass is 305 g/mol. The Labute approximate surface area is 124 Å². The molecule has 3 heterocycles. The number of hydrogen-bond donors (Lipinski definition) is 3. The highest BCUT2D eigenvalue weighted by Crippen LogP contribution is 2.30. The van der Waals surface area contributed by atoms with E-state index in [1.807, 2.05) is 11.4 Å². The summed E-state index contributed by atoms with van der Waals surface area (Å²) in [5.74, 6) is 6.66. The number of rotatable bonds is 4. The third kappa shape index (κ3) is 2.47. The van der Waals surface area contributed by atoms with Gasteiger partial charge in [-0.1, -0.05) is 0 Å². The SMILES string of the molecule is Cc1ccc(C(C)Nc2nc(NN)nc3sccc23)s1. The van der Waals surface area contributed by atoms with Crippen LogP contribution in [0.4, 0.5) is 11.8 Å². The first-order chi connectivity index (χ1) is 9.67. The highest BCUT2D eigenvalue weighted by Gasteiger charge is 2.13. The zero-order chi connectivity index (χ0) is 14.1. The van der Waals surface area contributed by atoms with Crippen molar-refractivity contribution in [1.29, 1.82) is 0 Å². The summed E-state index contributed by atoms with van der Waals surface area (Å²) in [4.78, 5) is 12.3. The van der Waals surface area contributed by atoms with Gasteiger partial charge in [-0.05, 0) is 37.4 Å². The van der Waals surface area contributed by atoms with Gasteiger partial charge in [-0.15, -0.1) is 22.7 Å². The molecule has 3 rings (SSSR count). The maximum absolute atomic E-state index is 5.43. The van der Waals surface area contributed by atoms with Gasteiger partial charge in [0.1, 0.15) is 10.6 Å².